The smallest absolute Gasteiger partial charge is 0.302 e. The molecule has 0 spiro atoms. The monoisotopic (exact) mass is 373 g/mol. The molecule has 2 amide bonds. The molecule has 2 saturated heterocycles. The van der Waals surface area contributed by atoms with Gasteiger partial charge >= 0.3 is 5.97 Å². The van der Waals surface area contributed by atoms with Crippen molar-refractivity contribution in [3.63, 3.8) is 0 Å². The van der Waals surface area contributed by atoms with Crippen LogP contribution in [0.25, 0.3) is 0 Å². The maximum Gasteiger partial charge on any atom is 0.302 e. The van der Waals surface area contributed by atoms with E-state index < -0.39 is 35.4 Å². The Kier molecular flexibility index (Phi) is 3.96. The number of rotatable bonds is 5. The van der Waals surface area contributed by atoms with Crippen molar-refractivity contribution in [1.82, 2.24) is 0 Å². The zero-order valence-electron chi connectivity index (χ0n) is 15.1. The summed E-state index contributed by atoms with van der Waals surface area (Å²) in [4.78, 5) is 38.8. The lowest BCUT2D eigenvalue weighted by Crippen LogP contribution is -2.44. The number of nitrogens with zero attached hydrogens (tertiary/aromatic N) is 1. The molecule has 2 fully saturated rings. The van der Waals surface area contributed by atoms with Crippen molar-refractivity contribution in [3.05, 3.63) is 30.4 Å². The highest BCUT2D eigenvalue weighted by molar-refractivity contribution is 6.24. The highest BCUT2D eigenvalue weighted by atomic mass is 16.6. The summed E-state index contributed by atoms with van der Waals surface area (Å²) >= 11 is 0. The topological polar surface area (TPSA) is 91.4 Å². The van der Waals surface area contributed by atoms with Gasteiger partial charge in [-0.2, -0.15) is 0 Å². The quantitative estimate of drug-likeness (QED) is 0.433. The zero-order chi connectivity index (χ0) is 19.3. The molecular weight excluding hydrogens is 354 g/mol. The summed E-state index contributed by atoms with van der Waals surface area (Å²) in [5.74, 6) is -1.78. The third-order valence-corrected chi connectivity index (χ3v) is 5.28. The summed E-state index contributed by atoms with van der Waals surface area (Å²) in [6.45, 7) is 1.17. The number of fused-ring (bicyclic) bond motifs is 5. The first-order valence-corrected chi connectivity index (χ1v) is 8.52. The molecule has 27 heavy (non-hydrogen) atoms. The number of anilines is 1. The maximum atomic E-state index is 13.3. The van der Waals surface area contributed by atoms with E-state index in [1.165, 1.54) is 21.1 Å². The lowest BCUT2D eigenvalue weighted by molar-refractivity contribution is -0.150. The molecule has 0 aromatic heterocycles. The SMILES string of the molecule is COc1ccc(OC)c(N2C(=O)[C@H]3[C@@H](C2=O)[C@@]2(COC(C)=O)C=C[C@H]3O2)c1. The lowest BCUT2D eigenvalue weighted by Gasteiger charge is -2.28. The highest BCUT2D eigenvalue weighted by Crippen LogP contribution is 2.53. The van der Waals surface area contributed by atoms with E-state index in [1.54, 1.807) is 30.4 Å². The third kappa shape index (κ3) is 2.43. The molecule has 2 bridgehead atoms. The Morgan fingerprint density at radius 2 is 2.00 bits per heavy atom. The Bertz CT molecular complexity index is 864. The van der Waals surface area contributed by atoms with Crippen molar-refractivity contribution >= 4 is 23.5 Å². The average Bonchev–Trinajstić information content (AvgIpc) is 3.30. The highest BCUT2D eigenvalue weighted by Gasteiger charge is 2.68. The van der Waals surface area contributed by atoms with Gasteiger partial charge in [-0.1, -0.05) is 6.08 Å². The minimum absolute atomic E-state index is 0.112. The van der Waals surface area contributed by atoms with Crippen LogP contribution < -0.4 is 14.4 Å². The van der Waals surface area contributed by atoms with E-state index in [9.17, 15) is 14.4 Å². The molecule has 0 N–H and O–H groups in total. The molecule has 142 valence electrons. The molecule has 1 aromatic rings. The van der Waals surface area contributed by atoms with Crippen molar-refractivity contribution in [2.24, 2.45) is 11.8 Å². The van der Waals surface area contributed by atoms with Crippen LogP contribution in [0.3, 0.4) is 0 Å². The number of imide groups is 1. The number of carbonyl (C=O) groups excluding carboxylic acids is 3. The molecule has 3 aliphatic rings. The molecule has 0 aliphatic carbocycles. The van der Waals surface area contributed by atoms with E-state index >= 15 is 0 Å². The zero-order valence-corrected chi connectivity index (χ0v) is 15.1. The second-order valence-corrected chi connectivity index (χ2v) is 6.73. The van der Waals surface area contributed by atoms with E-state index in [0.29, 0.717) is 17.2 Å². The number of methoxy groups -OCH3 is 2. The number of amides is 2. The summed E-state index contributed by atoms with van der Waals surface area (Å²) in [7, 11) is 2.97. The molecule has 4 atom stereocenters. The number of hydrogen-bond donors (Lipinski definition) is 0. The van der Waals surface area contributed by atoms with Gasteiger partial charge in [-0.25, -0.2) is 4.90 Å². The number of esters is 1. The van der Waals surface area contributed by atoms with Gasteiger partial charge in [0.15, 0.2) is 0 Å². The molecule has 1 aromatic carbocycles. The van der Waals surface area contributed by atoms with Gasteiger partial charge in [0.05, 0.1) is 37.8 Å². The van der Waals surface area contributed by atoms with Crippen LogP contribution in [-0.4, -0.2) is 50.3 Å². The second-order valence-electron chi connectivity index (χ2n) is 6.73. The van der Waals surface area contributed by atoms with Crippen LogP contribution >= 0.6 is 0 Å². The molecule has 0 radical (unpaired) electrons. The molecule has 3 aliphatic heterocycles. The lowest BCUT2D eigenvalue weighted by atomic mass is 9.77. The van der Waals surface area contributed by atoms with E-state index in [2.05, 4.69) is 0 Å². The Hall–Kier alpha value is -2.87. The van der Waals surface area contributed by atoms with E-state index in [4.69, 9.17) is 18.9 Å². The van der Waals surface area contributed by atoms with Gasteiger partial charge in [0.2, 0.25) is 11.8 Å². The largest absolute Gasteiger partial charge is 0.497 e. The summed E-state index contributed by atoms with van der Waals surface area (Å²) in [5, 5.41) is 0. The fourth-order valence-corrected chi connectivity index (χ4v) is 4.09. The first-order valence-electron chi connectivity index (χ1n) is 8.52. The van der Waals surface area contributed by atoms with Gasteiger partial charge in [0.1, 0.15) is 23.7 Å². The summed E-state index contributed by atoms with van der Waals surface area (Å²) < 4.78 is 21.6. The molecule has 3 heterocycles. The van der Waals surface area contributed by atoms with E-state index in [-0.39, 0.29) is 12.5 Å². The van der Waals surface area contributed by atoms with Crippen LogP contribution in [0.4, 0.5) is 5.69 Å². The predicted octanol–water partition coefficient (Wildman–Crippen LogP) is 1.08. The van der Waals surface area contributed by atoms with Crippen molar-refractivity contribution in [3.8, 4) is 11.5 Å². The Balaban J connectivity index is 1.73. The van der Waals surface area contributed by atoms with Crippen molar-refractivity contribution in [2.45, 2.75) is 18.6 Å². The number of carbonyl (C=O) groups is 3. The fraction of sp³-hybridized carbons (Fsp3) is 0.421. The van der Waals surface area contributed by atoms with Crippen LogP contribution in [0, 0.1) is 11.8 Å². The molecule has 4 rings (SSSR count). The van der Waals surface area contributed by atoms with Gasteiger partial charge in [-0.15, -0.1) is 0 Å². The normalized spacial score (nSPS) is 30.6. The Morgan fingerprint density at radius 1 is 1.22 bits per heavy atom. The van der Waals surface area contributed by atoms with E-state index in [0.717, 1.165) is 4.90 Å². The molecule has 0 saturated carbocycles. The summed E-state index contributed by atoms with van der Waals surface area (Å²) in [5.41, 5.74) is -0.794. The Morgan fingerprint density at radius 3 is 2.67 bits per heavy atom. The van der Waals surface area contributed by atoms with Gasteiger partial charge in [0.25, 0.3) is 0 Å². The summed E-state index contributed by atoms with van der Waals surface area (Å²) in [6, 6.07) is 4.91. The van der Waals surface area contributed by atoms with Crippen molar-refractivity contribution in [1.29, 1.82) is 0 Å². The first-order chi connectivity index (χ1) is 12.9. The van der Waals surface area contributed by atoms with Gasteiger partial charge < -0.3 is 18.9 Å². The van der Waals surface area contributed by atoms with Crippen LogP contribution in [0.1, 0.15) is 6.92 Å². The van der Waals surface area contributed by atoms with Crippen molar-refractivity contribution < 1.29 is 33.3 Å². The third-order valence-electron chi connectivity index (χ3n) is 5.28. The Labute approximate surface area is 155 Å². The van der Waals surface area contributed by atoms with Gasteiger partial charge in [-0.05, 0) is 18.2 Å². The molecule has 0 unspecified atom stereocenters. The van der Waals surface area contributed by atoms with E-state index in [1.807, 2.05) is 0 Å². The summed E-state index contributed by atoms with van der Waals surface area (Å²) in [6.07, 6.45) is 2.95. The molecule has 8 nitrogen and oxygen atoms in total. The number of ether oxygens (including phenoxy) is 4. The number of benzene rings is 1. The standard InChI is InChI=1S/C19H19NO7/c1-10(21)26-9-19-7-6-14(27-19)15-16(19)18(23)20(17(15)22)12-8-11(24-2)4-5-13(12)25-3/h4-8,14-16H,9H2,1-3H3/t14-,15-,16+,19+/m1/s1. The molecule has 8 heteroatoms. The fourth-order valence-electron chi connectivity index (χ4n) is 4.09. The van der Waals surface area contributed by atoms with Crippen LogP contribution in [0.15, 0.2) is 30.4 Å². The predicted molar refractivity (Wildman–Crippen MR) is 92.4 cm³/mol. The number of hydrogen-bond acceptors (Lipinski definition) is 7. The average molecular weight is 373 g/mol. The minimum Gasteiger partial charge on any atom is -0.497 e. The van der Waals surface area contributed by atoms with Crippen LogP contribution in [0.5, 0.6) is 11.5 Å². The second kappa shape index (κ2) is 6.09. The van der Waals surface area contributed by atoms with Crippen LogP contribution in [0.2, 0.25) is 0 Å². The van der Waals surface area contributed by atoms with Crippen LogP contribution in [-0.2, 0) is 23.9 Å². The van der Waals surface area contributed by atoms with Gasteiger partial charge in [-0.3, -0.25) is 14.4 Å². The minimum atomic E-state index is -1.12. The molecular formula is C19H19NO7. The maximum absolute atomic E-state index is 13.3. The van der Waals surface area contributed by atoms with Gasteiger partial charge in [0, 0.05) is 13.0 Å². The van der Waals surface area contributed by atoms with Crippen molar-refractivity contribution in [2.75, 3.05) is 25.7 Å². The first kappa shape index (κ1) is 17.5.